The van der Waals surface area contributed by atoms with Gasteiger partial charge in [0, 0.05) is 31.9 Å². The molecule has 29 heavy (non-hydrogen) atoms. The average Bonchev–Trinajstić information content (AvgIpc) is 3.10. The number of thiazole rings is 1. The molecule has 2 aromatic heterocycles. The number of hydrogen-bond acceptors (Lipinski definition) is 6. The van der Waals surface area contributed by atoms with E-state index in [1.54, 1.807) is 20.2 Å². The fourth-order valence-electron chi connectivity index (χ4n) is 2.99. The number of carbonyl (C=O) groups is 1. The van der Waals surface area contributed by atoms with Crippen LogP contribution in [0.25, 0.3) is 0 Å². The summed E-state index contributed by atoms with van der Waals surface area (Å²) in [6.45, 7) is 11.1. The lowest BCUT2D eigenvalue weighted by Crippen LogP contribution is -2.41. The van der Waals surface area contributed by atoms with Crippen molar-refractivity contribution in [2.75, 3.05) is 20.2 Å². The second kappa shape index (κ2) is 10.9. The first-order valence-electron chi connectivity index (χ1n) is 9.88. The monoisotopic (exact) mass is 417 g/mol. The van der Waals surface area contributed by atoms with E-state index in [2.05, 4.69) is 45.5 Å². The Bertz CT molecular complexity index is 820. The van der Waals surface area contributed by atoms with Crippen molar-refractivity contribution in [3.63, 3.8) is 0 Å². The Morgan fingerprint density at radius 1 is 1.34 bits per heavy atom. The number of hydrogen-bond donors (Lipinski definition) is 2. The second-order valence-corrected chi connectivity index (χ2v) is 8.17. The highest BCUT2D eigenvalue weighted by Crippen LogP contribution is 2.25. The maximum atomic E-state index is 12.0. The van der Waals surface area contributed by atoms with Gasteiger partial charge in [-0.2, -0.15) is 0 Å². The quantitative estimate of drug-likeness (QED) is 0.387. The van der Waals surface area contributed by atoms with E-state index in [1.165, 1.54) is 16.9 Å². The van der Waals surface area contributed by atoms with Gasteiger partial charge in [0.2, 0.25) is 0 Å². The molecule has 8 heteroatoms. The zero-order valence-electron chi connectivity index (χ0n) is 18.0. The van der Waals surface area contributed by atoms with E-state index in [9.17, 15) is 4.79 Å². The zero-order chi connectivity index (χ0) is 21.4. The molecule has 2 atom stereocenters. The molecular weight excluding hydrogens is 386 g/mol. The third kappa shape index (κ3) is 6.25. The molecule has 0 aliphatic carbocycles. The van der Waals surface area contributed by atoms with Crippen LogP contribution < -0.4 is 10.6 Å². The Morgan fingerprint density at radius 3 is 2.69 bits per heavy atom. The van der Waals surface area contributed by atoms with E-state index >= 15 is 0 Å². The topological polar surface area (TPSA) is 88.5 Å². The lowest BCUT2D eigenvalue weighted by atomic mass is 9.89. The molecule has 7 nitrogen and oxygen atoms in total. The maximum absolute atomic E-state index is 12.0. The standard InChI is InChI=1S/C21H31N5O2S/c1-7-28-20(27)18-14(4)25-19(29-18)15(5)26-21(22-6)24-12-17(13(2)3)16-9-8-10-23-11-16/h8-11,13,15,17H,7,12H2,1-6H3,(H2,22,24,26). The number of nitrogens with zero attached hydrogens (tertiary/aromatic N) is 3. The van der Waals surface area contributed by atoms with E-state index in [4.69, 9.17) is 4.74 Å². The van der Waals surface area contributed by atoms with Gasteiger partial charge < -0.3 is 15.4 Å². The number of esters is 1. The molecule has 0 aliphatic heterocycles. The molecule has 0 radical (unpaired) electrons. The molecule has 0 spiro atoms. The molecule has 0 fully saturated rings. The molecule has 2 aromatic rings. The van der Waals surface area contributed by atoms with Crippen LogP contribution in [0.4, 0.5) is 0 Å². The van der Waals surface area contributed by atoms with Crippen molar-refractivity contribution in [3.05, 3.63) is 45.7 Å². The molecule has 158 valence electrons. The van der Waals surface area contributed by atoms with Gasteiger partial charge in [0.05, 0.1) is 18.3 Å². The van der Waals surface area contributed by atoms with Crippen molar-refractivity contribution in [1.82, 2.24) is 20.6 Å². The zero-order valence-corrected chi connectivity index (χ0v) is 18.8. The first-order valence-corrected chi connectivity index (χ1v) is 10.7. The minimum atomic E-state index is -0.320. The summed E-state index contributed by atoms with van der Waals surface area (Å²) in [6.07, 6.45) is 3.71. The van der Waals surface area contributed by atoms with Crippen LogP contribution in [0.2, 0.25) is 0 Å². The van der Waals surface area contributed by atoms with E-state index in [-0.39, 0.29) is 12.0 Å². The smallest absolute Gasteiger partial charge is 0.350 e. The molecule has 0 aromatic carbocycles. The minimum absolute atomic E-state index is 0.0935. The number of aromatic nitrogens is 2. The summed E-state index contributed by atoms with van der Waals surface area (Å²) in [5.74, 6) is 1.14. The van der Waals surface area contributed by atoms with Crippen LogP contribution in [0.3, 0.4) is 0 Å². The van der Waals surface area contributed by atoms with Crippen molar-refractivity contribution < 1.29 is 9.53 Å². The summed E-state index contributed by atoms with van der Waals surface area (Å²) < 4.78 is 5.10. The van der Waals surface area contributed by atoms with Gasteiger partial charge in [0.1, 0.15) is 9.88 Å². The van der Waals surface area contributed by atoms with Crippen LogP contribution in [-0.4, -0.2) is 42.1 Å². The second-order valence-electron chi connectivity index (χ2n) is 7.14. The molecule has 0 amide bonds. The van der Waals surface area contributed by atoms with Crippen molar-refractivity contribution >= 4 is 23.3 Å². The number of nitrogens with one attached hydrogen (secondary N) is 2. The van der Waals surface area contributed by atoms with E-state index in [0.29, 0.717) is 35.0 Å². The minimum Gasteiger partial charge on any atom is -0.462 e. The maximum Gasteiger partial charge on any atom is 0.350 e. The Morgan fingerprint density at radius 2 is 2.10 bits per heavy atom. The largest absolute Gasteiger partial charge is 0.462 e. The lowest BCUT2D eigenvalue weighted by molar-refractivity contribution is 0.0531. The number of aliphatic imine (C=N–C) groups is 1. The van der Waals surface area contributed by atoms with Crippen LogP contribution in [0.1, 0.15) is 65.6 Å². The SMILES string of the molecule is CCOC(=O)c1sc(C(C)NC(=NC)NCC(c2cccnc2)C(C)C)nc1C. The number of aryl methyl sites for hydroxylation is 1. The summed E-state index contributed by atoms with van der Waals surface area (Å²) in [7, 11) is 1.74. The van der Waals surface area contributed by atoms with Gasteiger partial charge in [-0.3, -0.25) is 9.98 Å². The van der Waals surface area contributed by atoms with Crippen LogP contribution in [0, 0.1) is 12.8 Å². The first-order chi connectivity index (χ1) is 13.9. The molecule has 2 unspecified atom stereocenters. The van der Waals surface area contributed by atoms with Crippen LogP contribution in [-0.2, 0) is 4.74 Å². The van der Waals surface area contributed by atoms with Gasteiger partial charge in [-0.1, -0.05) is 19.9 Å². The molecule has 2 rings (SSSR count). The third-order valence-electron chi connectivity index (χ3n) is 4.63. The Balaban J connectivity index is 2.02. The predicted molar refractivity (Wildman–Crippen MR) is 118 cm³/mol. The highest BCUT2D eigenvalue weighted by Gasteiger charge is 2.21. The Kier molecular flexibility index (Phi) is 8.57. The molecule has 2 heterocycles. The van der Waals surface area contributed by atoms with Gasteiger partial charge in [0.15, 0.2) is 5.96 Å². The summed E-state index contributed by atoms with van der Waals surface area (Å²) >= 11 is 1.36. The fourth-order valence-corrected chi connectivity index (χ4v) is 3.95. The summed E-state index contributed by atoms with van der Waals surface area (Å²) in [6, 6.07) is 3.98. The van der Waals surface area contributed by atoms with Crippen molar-refractivity contribution in [2.24, 2.45) is 10.9 Å². The normalized spacial score (nSPS) is 13.8. The van der Waals surface area contributed by atoms with Gasteiger partial charge in [-0.15, -0.1) is 11.3 Å². The number of guanidine groups is 1. The summed E-state index contributed by atoms with van der Waals surface area (Å²) in [4.78, 5) is 25.7. The Labute approximate surface area is 177 Å². The van der Waals surface area contributed by atoms with Gasteiger partial charge in [0.25, 0.3) is 0 Å². The van der Waals surface area contributed by atoms with E-state index < -0.39 is 0 Å². The highest BCUT2D eigenvalue weighted by molar-refractivity contribution is 7.13. The average molecular weight is 418 g/mol. The van der Waals surface area contributed by atoms with E-state index in [0.717, 1.165) is 11.6 Å². The highest BCUT2D eigenvalue weighted by atomic mass is 32.1. The lowest BCUT2D eigenvalue weighted by Gasteiger charge is -2.23. The molecule has 0 saturated carbocycles. The number of carbonyl (C=O) groups excluding carboxylic acids is 1. The van der Waals surface area contributed by atoms with Crippen molar-refractivity contribution in [3.8, 4) is 0 Å². The van der Waals surface area contributed by atoms with E-state index in [1.807, 2.05) is 26.1 Å². The Hall–Kier alpha value is -2.48. The van der Waals surface area contributed by atoms with Gasteiger partial charge in [-0.25, -0.2) is 9.78 Å². The predicted octanol–water partition coefficient (Wildman–Crippen LogP) is 3.69. The molecule has 0 saturated heterocycles. The van der Waals surface area contributed by atoms with Gasteiger partial charge in [-0.05, 0) is 38.3 Å². The number of rotatable bonds is 8. The molecule has 0 aliphatic rings. The van der Waals surface area contributed by atoms with Crippen LogP contribution in [0.5, 0.6) is 0 Å². The van der Waals surface area contributed by atoms with Gasteiger partial charge >= 0.3 is 5.97 Å². The summed E-state index contributed by atoms with van der Waals surface area (Å²) in [5.41, 5.74) is 1.89. The van der Waals surface area contributed by atoms with Crippen molar-refractivity contribution in [1.29, 1.82) is 0 Å². The van der Waals surface area contributed by atoms with Crippen LogP contribution in [0.15, 0.2) is 29.5 Å². The number of ether oxygens (including phenoxy) is 1. The molecule has 2 N–H and O–H groups in total. The van der Waals surface area contributed by atoms with Crippen molar-refractivity contribution in [2.45, 2.75) is 46.6 Å². The molecular formula is C21H31N5O2S. The fraction of sp³-hybridized carbons (Fsp3) is 0.524. The first kappa shape index (κ1) is 22.8. The number of pyridine rings is 1. The van der Waals surface area contributed by atoms with Crippen LogP contribution >= 0.6 is 11.3 Å². The summed E-state index contributed by atoms with van der Waals surface area (Å²) in [5, 5.41) is 7.59. The molecule has 0 bridgehead atoms. The third-order valence-corrected chi connectivity index (χ3v) is 5.95.